The number of nitrogens with one attached hydrogen (secondary N) is 2. The van der Waals surface area contributed by atoms with Crippen LogP contribution in [-0.4, -0.2) is 42.2 Å². The van der Waals surface area contributed by atoms with Gasteiger partial charge in [-0.2, -0.15) is 0 Å². The third-order valence-electron chi connectivity index (χ3n) is 6.20. The molecule has 35 heavy (non-hydrogen) atoms. The number of benzene rings is 2. The number of amides is 1. The number of aromatic nitrogens is 3. The van der Waals surface area contributed by atoms with Crippen LogP contribution < -0.4 is 14.8 Å². The number of nitrogens with zero attached hydrogens (tertiary/aromatic N) is 3. The second kappa shape index (κ2) is 9.38. The third-order valence-corrected chi connectivity index (χ3v) is 7.74. The van der Waals surface area contributed by atoms with E-state index in [0.717, 1.165) is 50.9 Å². The first-order chi connectivity index (χ1) is 16.9. The van der Waals surface area contributed by atoms with Gasteiger partial charge in [0.1, 0.15) is 22.3 Å². The van der Waals surface area contributed by atoms with Crippen molar-refractivity contribution in [3.8, 4) is 17.1 Å². The molecule has 1 aliphatic heterocycles. The van der Waals surface area contributed by atoms with Crippen molar-refractivity contribution in [3.05, 3.63) is 53.6 Å². The maximum absolute atomic E-state index is 14.6. The highest BCUT2D eigenvalue weighted by molar-refractivity contribution is 7.89. The van der Waals surface area contributed by atoms with Crippen LogP contribution in [0.1, 0.15) is 48.3 Å². The standard InChI is InChI=1S/C24H26FN5O4S/c1-34-20-11-7-16(14-21(20)35(32,33)29-17-8-9-17)24(31)26-19-13-15(6-10-18(19)25)23-28-27-22-5-3-2-4-12-30(22)23/h6-7,10-11,13-14,17,29H,2-5,8-9,12H2,1H3,(H,26,31). The van der Waals surface area contributed by atoms with E-state index in [1.807, 2.05) is 4.57 Å². The lowest BCUT2D eigenvalue weighted by Gasteiger charge is -2.13. The van der Waals surface area contributed by atoms with Crippen LogP contribution in [0, 0.1) is 5.82 Å². The number of ether oxygens (including phenoxy) is 1. The zero-order valence-corrected chi connectivity index (χ0v) is 20.1. The molecule has 3 aromatic rings. The van der Waals surface area contributed by atoms with Crippen molar-refractivity contribution >= 4 is 21.6 Å². The Labute approximate surface area is 202 Å². The van der Waals surface area contributed by atoms with Crippen LogP contribution in [-0.2, 0) is 23.0 Å². The van der Waals surface area contributed by atoms with Crippen LogP contribution in [0.3, 0.4) is 0 Å². The second-order valence-corrected chi connectivity index (χ2v) is 10.5. The summed E-state index contributed by atoms with van der Waals surface area (Å²) in [4.78, 5) is 12.8. The predicted molar refractivity (Wildman–Crippen MR) is 127 cm³/mol. The number of carbonyl (C=O) groups excluding carboxylic acids is 1. The van der Waals surface area contributed by atoms with Gasteiger partial charge in [-0.15, -0.1) is 10.2 Å². The lowest BCUT2D eigenvalue weighted by Crippen LogP contribution is -2.26. The van der Waals surface area contributed by atoms with E-state index in [2.05, 4.69) is 20.2 Å². The number of aryl methyl sites for hydroxylation is 1. The molecule has 1 amide bonds. The molecular formula is C24H26FN5O4S. The molecule has 0 radical (unpaired) electrons. The number of halogens is 1. The Morgan fingerprint density at radius 2 is 1.94 bits per heavy atom. The number of anilines is 1. The molecular weight excluding hydrogens is 473 g/mol. The van der Waals surface area contributed by atoms with Gasteiger partial charge in [0.25, 0.3) is 5.91 Å². The molecule has 184 valence electrons. The van der Waals surface area contributed by atoms with Crippen molar-refractivity contribution < 1.29 is 22.3 Å². The molecule has 0 atom stereocenters. The van der Waals surface area contributed by atoms with Crippen molar-refractivity contribution in [2.75, 3.05) is 12.4 Å². The Morgan fingerprint density at radius 3 is 2.71 bits per heavy atom. The van der Waals surface area contributed by atoms with Gasteiger partial charge in [-0.1, -0.05) is 6.42 Å². The summed E-state index contributed by atoms with van der Waals surface area (Å²) in [7, 11) is -2.51. The summed E-state index contributed by atoms with van der Waals surface area (Å²) in [6, 6.07) is 8.37. The van der Waals surface area contributed by atoms with E-state index in [4.69, 9.17) is 4.74 Å². The number of sulfonamides is 1. The average Bonchev–Trinajstić information content (AvgIpc) is 3.61. The fourth-order valence-corrected chi connectivity index (χ4v) is 5.67. The Bertz CT molecular complexity index is 1380. The molecule has 0 bridgehead atoms. The first kappa shape index (κ1) is 23.4. The number of hydrogen-bond donors (Lipinski definition) is 2. The number of rotatable bonds is 7. The average molecular weight is 500 g/mol. The Balaban J connectivity index is 1.43. The van der Waals surface area contributed by atoms with E-state index in [1.54, 1.807) is 6.07 Å². The van der Waals surface area contributed by atoms with Gasteiger partial charge in [-0.3, -0.25) is 4.79 Å². The lowest BCUT2D eigenvalue weighted by atomic mass is 10.1. The molecule has 0 spiro atoms. The van der Waals surface area contributed by atoms with Gasteiger partial charge in [-0.05, 0) is 62.1 Å². The zero-order valence-electron chi connectivity index (χ0n) is 19.3. The van der Waals surface area contributed by atoms with Gasteiger partial charge in [-0.25, -0.2) is 17.5 Å². The maximum atomic E-state index is 14.6. The largest absolute Gasteiger partial charge is 0.495 e. The van der Waals surface area contributed by atoms with Gasteiger partial charge < -0.3 is 14.6 Å². The molecule has 1 aliphatic carbocycles. The molecule has 1 aromatic heterocycles. The molecule has 2 aliphatic rings. The van der Waals surface area contributed by atoms with E-state index in [9.17, 15) is 17.6 Å². The van der Waals surface area contributed by atoms with Crippen LogP contribution >= 0.6 is 0 Å². The fourth-order valence-electron chi connectivity index (χ4n) is 4.17. The summed E-state index contributed by atoms with van der Waals surface area (Å²) in [6.45, 7) is 0.786. The predicted octanol–water partition coefficient (Wildman–Crippen LogP) is 3.51. The molecule has 1 saturated carbocycles. The lowest BCUT2D eigenvalue weighted by molar-refractivity contribution is 0.102. The molecule has 0 unspecified atom stereocenters. The molecule has 1 fully saturated rings. The monoisotopic (exact) mass is 499 g/mol. The Kier molecular flexibility index (Phi) is 6.28. The highest BCUT2D eigenvalue weighted by atomic mass is 32.2. The van der Waals surface area contributed by atoms with Gasteiger partial charge in [0, 0.05) is 30.1 Å². The molecule has 0 saturated heterocycles. The van der Waals surface area contributed by atoms with E-state index >= 15 is 0 Å². The summed E-state index contributed by atoms with van der Waals surface area (Å²) in [5, 5.41) is 11.1. The van der Waals surface area contributed by atoms with Crippen molar-refractivity contribution in [2.24, 2.45) is 0 Å². The van der Waals surface area contributed by atoms with Crippen molar-refractivity contribution in [1.29, 1.82) is 0 Å². The molecule has 9 nitrogen and oxygen atoms in total. The molecule has 11 heteroatoms. The second-order valence-electron chi connectivity index (χ2n) is 8.81. The molecule has 5 rings (SSSR count). The minimum absolute atomic E-state index is 0.0326. The highest BCUT2D eigenvalue weighted by Gasteiger charge is 2.30. The normalized spacial score (nSPS) is 15.8. The van der Waals surface area contributed by atoms with Crippen molar-refractivity contribution in [2.45, 2.75) is 56.0 Å². The number of carbonyl (C=O) groups is 1. The quantitative estimate of drug-likeness (QED) is 0.514. The van der Waals surface area contributed by atoms with E-state index < -0.39 is 21.7 Å². The first-order valence-corrected chi connectivity index (χ1v) is 13.1. The molecule has 2 heterocycles. The summed E-state index contributed by atoms with van der Waals surface area (Å²) >= 11 is 0. The SMILES string of the molecule is COc1ccc(C(=O)Nc2cc(-c3nnc4n3CCCCC4)ccc2F)cc1S(=O)(=O)NC1CC1. The van der Waals surface area contributed by atoms with Crippen LogP contribution in [0.4, 0.5) is 10.1 Å². The Hall–Kier alpha value is -3.31. The maximum Gasteiger partial charge on any atom is 0.255 e. The van der Waals surface area contributed by atoms with Crippen LogP contribution in [0.2, 0.25) is 0 Å². The molecule has 2 aromatic carbocycles. The zero-order chi connectivity index (χ0) is 24.6. The van der Waals surface area contributed by atoms with Crippen LogP contribution in [0.5, 0.6) is 5.75 Å². The van der Waals surface area contributed by atoms with Crippen molar-refractivity contribution in [3.63, 3.8) is 0 Å². The van der Waals surface area contributed by atoms with Crippen molar-refractivity contribution in [1.82, 2.24) is 19.5 Å². The summed E-state index contributed by atoms with van der Waals surface area (Å²) in [5.74, 6) is 0.386. The molecule has 2 N–H and O–H groups in total. The smallest absolute Gasteiger partial charge is 0.255 e. The van der Waals surface area contributed by atoms with Gasteiger partial charge in [0.15, 0.2) is 5.82 Å². The first-order valence-electron chi connectivity index (χ1n) is 11.6. The van der Waals surface area contributed by atoms with Crippen LogP contribution in [0.15, 0.2) is 41.3 Å². The number of hydrogen-bond acceptors (Lipinski definition) is 6. The minimum Gasteiger partial charge on any atom is -0.495 e. The van der Waals surface area contributed by atoms with Gasteiger partial charge in [0.05, 0.1) is 12.8 Å². The van der Waals surface area contributed by atoms with E-state index in [0.29, 0.717) is 11.4 Å². The highest BCUT2D eigenvalue weighted by Crippen LogP contribution is 2.30. The van der Waals surface area contributed by atoms with E-state index in [1.165, 1.54) is 37.4 Å². The fraction of sp³-hybridized carbons (Fsp3) is 0.375. The Morgan fingerprint density at radius 1 is 1.11 bits per heavy atom. The van der Waals surface area contributed by atoms with Crippen LogP contribution in [0.25, 0.3) is 11.4 Å². The summed E-state index contributed by atoms with van der Waals surface area (Å²) < 4.78 is 50.0. The number of methoxy groups -OCH3 is 1. The minimum atomic E-state index is -3.87. The van der Waals surface area contributed by atoms with Gasteiger partial charge >= 0.3 is 0 Å². The van der Waals surface area contributed by atoms with Gasteiger partial charge in [0.2, 0.25) is 10.0 Å². The van der Waals surface area contributed by atoms with E-state index in [-0.39, 0.29) is 27.9 Å². The topological polar surface area (TPSA) is 115 Å². The third kappa shape index (κ3) is 4.92. The summed E-state index contributed by atoms with van der Waals surface area (Å²) in [5.41, 5.74) is 0.659. The number of fused-ring (bicyclic) bond motifs is 1. The summed E-state index contributed by atoms with van der Waals surface area (Å²) in [6.07, 6.45) is 5.57.